The van der Waals surface area contributed by atoms with Crippen molar-refractivity contribution in [3.63, 3.8) is 0 Å². The van der Waals surface area contributed by atoms with Gasteiger partial charge in [0, 0.05) is 0 Å². The number of rotatable bonds is 4. The van der Waals surface area contributed by atoms with Gasteiger partial charge in [0.15, 0.2) is 0 Å². The molecular formula is C15H19Cl2OSiTi. The third-order valence-electron chi connectivity index (χ3n) is 3.47. The van der Waals surface area contributed by atoms with E-state index in [1.165, 1.54) is 9.06 Å². The molecule has 0 atom stereocenters. The fourth-order valence-electron chi connectivity index (χ4n) is 2.50. The Bertz CT molecular complexity index is 512. The van der Waals surface area contributed by atoms with Crippen LogP contribution in [0.15, 0.2) is 45.5 Å². The first-order valence-electron chi connectivity index (χ1n) is 6.41. The van der Waals surface area contributed by atoms with Crippen molar-refractivity contribution < 1.29 is 50.0 Å². The molecule has 1 aromatic carbocycles. The largest absolute Gasteiger partial charge is 1.00 e. The molecule has 2 rings (SSSR count). The number of hydrogen-bond donors (Lipinski definition) is 0. The van der Waals surface area contributed by atoms with Gasteiger partial charge in [-0.25, -0.2) is 0 Å². The molecule has 0 heterocycles. The summed E-state index contributed by atoms with van der Waals surface area (Å²) in [4.78, 5) is 0. The van der Waals surface area contributed by atoms with Gasteiger partial charge < -0.3 is 24.8 Å². The Morgan fingerprint density at radius 1 is 1.20 bits per heavy atom. The van der Waals surface area contributed by atoms with Gasteiger partial charge >= 0.3 is 123 Å². The van der Waals surface area contributed by atoms with Crippen molar-refractivity contribution in [3.05, 3.63) is 45.5 Å². The van der Waals surface area contributed by atoms with Crippen LogP contribution >= 0.6 is 0 Å². The maximum Gasteiger partial charge on any atom is -1.00 e. The van der Waals surface area contributed by atoms with E-state index in [0.717, 1.165) is 18.8 Å². The van der Waals surface area contributed by atoms with Crippen LogP contribution in [-0.4, -0.2) is 14.7 Å². The monoisotopic (exact) mass is 361 g/mol. The van der Waals surface area contributed by atoms with Gasteiger partial charge in [-0.3, -0.25) is 0 Å². The van der Waals surface area contributed by atoms with Gasteiger partial charge in [0.05, 0.1) is 0 Å². The first-order valence-corrected chi connectivity index (χ1v) is 10.2. The molecular weight excluding hydrogens is 343 g/mol. The molecule has 0 unspecified atom stereocenters. The van der Waals surface area contributed by atoms with E-state index >= 15 is 0 Å². The van der Waals surface area contributed by atoms with Crippen molar-refractivity contribution in [3.8, 4) is 5.75 Å². The normalized spacial score (nSPS) is 13.8. The fraction of sp³-hybridized carbons (Fsp3) is 0.333. The van der Waals surface area contributed by atoms with Gasteiger partial charge in [-0.15, -0.1) is 0 Å². The molecule has 0 spiro atoms. The molecule has 0 aliphatic heterocycles. The minimum atomic E-state index is -1.62. The van der Waals surface area contributed by atoms with Crippen LogP contribution in [0.4, 0.5) is 0 Å². The van der Waals surface area contributed by atoms with E-state index in [2.05, 4.69) is 69.9 Å². The second-order valence-electron chi connectivity index (χ2n) is 5.05. The third kappa shape index (κ3) is 4.02. The van der Waals surface area contributed by atoms with Gasteiger partial charge in [0.1, 0.15) is 0 Å². The van der Waals surface area contributed by atoms with Gasteiger partial charge in [-0.05, 0) is 0 Å². The Kier molecular flexibility index (Phi) is 8.46. The van der Waals surface area contributed by atoms with Crippen LogP contribution in [0.5, 0.6) is 5.75 Å². The number of benzene rings is 1. The summed E-state index contributed by atoms with van der Waals surface area (Å²) in [5, 5.41) is 2.97. The molecule has 0 amide bonds. The molecule has 1 aliphatic rings. The number of allylic oxidation sites excluding steroid dienone is 4. The molecule has 0 radical (unpaired) electrons. The summed E-state index contributed by atoms with van der Waals surface area (Å²) in [6.07, 6.45) is 5.72. The van der Waals surface area contributed by atoms with Gasteiger partial charge in [-0.1, -0.05) is 0 Å². The van der Waals surface area contributed by atoms with E-state index in [1.54, 1.807) is 5.20 Å². The van der Waals surface area contributed by atoms with Crippen molar-refractivity contribution in [2.45, 2.75) is 26.4 Å². The summed E-state index contributed by atoms with van der Waals surface area (Å²) in [5.41, 5.74) is 0. The van der Waals surface area contributed by atoms with Crippen molar-refractivity contribution in [2.24, 2.45) is 0 Å². The third-order valence-corrected chi connectivity index (χ3v) is 8.17. The van der Waals surface area contributed by atoms with Crippen LogP contribution in [-0.2, 0) is 20.4 Å². The number of para-hydroxylation sites is 1. The summed E-state index contributed by atoms with van der Waals surface area (Å²) in [6, 6.07) is 8.53. The Morgan fingerprint density at radius 3 is 2.40 bits per heavy atom. The second kappa shape index (κ2) is 8.45. The fourth-order valence-corrected chi connectivity index (χ4v) is 7.24. The van der Waals surface area contributed by atoms with E-state index in [0.29, 0.717) is 0 Å². The average Bonchev–Trinajstić information content (AvgIpc) is 2.77. The molecule has 20 heavy (non-hydrogen) atoms. The zero-order valence-corrected chi connectivity index (χ0v) is 16.1. The Morgan fingerprint density at radius 2 is 1.85 bits per heavy atom. The molecule has 0 aromatic heterocycles. The SMILES string of the molecule is CCOc1ccccc1[Si](C)(C)C1=[C]([Ti+2])CC=C1.[Cl-].[Cl-]. The van der Waals surface area contributed by atoms with Crippen molar-refractivity contribution in [1.82, 2.24) is 0 Å². The summed E-state index contributed by atoms with van der Waals surface area (Å²) < 4.78 is 7.33. The van der Waals surface area contributed by atoms with E-state index in [-0.39, 0.29) is 24.8 Å². The van der Waals surface area contributed by atoms with Crippen LogP contribution in [0.25, 0.3) is 0 Å². The number of halogens is 2. The first kappa shape index (κ1) is 20.0. The van der Waals surface area contributed by atoms with Crippen molar-refractivity contribution in [1.29, 1.82) is 0 Å². The molecule has 0 saturated carbocycles. The van der Waals surface area contributed by atoms with Gasteiger partial charge in [0.25, 0.3) is 0 Å². The average molecular weight is 362 g/mol. The molecule has 5 heteroatoms. The van der Waals surface area contributed by atoms with Gasteiger partial charge in [0.2, 0.25) is 0 Å². The summed E-state index contributed by atoms with van der Waals surface area (Å²) in [6.45, 7) is 7.61. The summed E-state index contributed by atoms with van der Waals surface area (Å²) >= 11 is 2.26. The molecule has 1 nitrogen and oxygen atoms in total. The molecule has 1 aromatic rings. The number of hydrogen-bond acceptors (Lipinski definition) is 1. The van der Waals surface area contributed by atoms with Gasteiger partial charge in [-0.2, -0.15) is 0 Å². The molecule has 0 saturated heterocycles. The quantitative estimate of drug-likeness (QED) is 0.531. The maximum atomic E-state index is 5.81. The standard InChI is InChI=1S/C15H19OSi.2ClH.Ti/c1-4-16-14-11-7-8-12-15(14)17(2,3)13-9-5-6-10-13;;;/h5,7-9,11-12H,4,6H2,1-3H3;2*1H;/q;;;+2/p-2. The number of ether oxygens (including phenoxy) is 1. The second-order valence-corrected chi connectivity index (χ2v) is 10.3. The first-order chi connectivity index (χ1) is 8.57. The smallest absolute Gasteiger partial charge is 1.00 e. The minimum Gasteiger partial charge on any atom is -1.00 e. The molecule has 107 valence electrons. The van der Waals surface area contributed by atoms with Crippen LogP contribution in [0.2, 0.25) is 13.1 Å². The maximum absolute atomic E-state index is 5.81. The molecule has 0 bridgehead atoms. The predicted octanol–water partition coefficient (Wildman–Crippen LogP) is -2.69. The molecule has 1 aliphatic carbocycles. The topological polar surface area (TPSA) is 9.23 Å². The van der Waals surface area contributed by atoms with E-state index in [4.69, 9.17) is 4.74 Å². The zero-order valence-electron chi connectivity index (χ0n) is 12.0. The van der Waals surface area contributed by atoms with Crippen LogP contribution in [0.1, 0.15) is 13.3 Å². The minimum absolute atomic E-state index is 0. The van der Waals surface area contributed by atoms with E-state index in [9.17, 15) is 0 Å². The van der Waals surface area contributed by atoms with E-state index in [1.807, 2.05) is 6.92 Å². The Balaban J connectivity index is 0.00000180. The molecule has 0 N–H and O–H groups in total. The van der Waals surface area contributed by atoms with E-state index < -0.39 is 8.07 Å². The zero-order chi connectivity index (χ0) is 13.2. The van der Waals surface area contributed by atoms with Crippen molar-refractivity contribution in [2.75, 3.05) is 6.61 Å². The summed E-state index contributed by atoms with van der Waals surface area (Å²) in [5.74, 6) is 1.07. The van der Waals surface area contributed by atoms with Crippen LogP contribution in [0, 0.1) is 0 Å². The van der Waals surface area contributed by atoms with Crippen LogP contribution in [0.3, 0.4) is 0 Å². The summed E-state index contributed by atoms with van der Waals surface area (Å²) in [7, 11) is -1.62. The predicted molar refractivity (Wildman–Crippen MR) is 75.5 cm³/mol. The Labute approximate surface area is 147 Å². The van der Waals surface area contributed by atoms with Crippen LogP contribution < -0.4 is 34.7 Å². The molecule has 0 fully saturated rings. The van der Waals surface area contributed by atoms with Crippen molar-refractivity contribution >= 4 is 13.3 Å². The Hall–Kier alpha value is 0.0112.